The number of ether oxygens (including phenoxy) is 1. The quantitative estimate of drug-likeness (QED) is 0.820. The van der Waals surface area contributed by atoms with Gasteiger partial charge in [0.2, 0.25) is 11.8 Å². The first-order chi connectivity index (χ1) is 14.2. The van der Waals surface area contributed by atoms with Gasteiger partial charge in [-0.05, 0) is 57.7 Å². The van der Waals surface area contributed by atoms with Gasteiger partial charge in [0.1, 0.15) is 5.60 Å². The molecule has 2 saturated heterocycles. The molecule has 30 heavy (non-hydrogen) atoms. The molecule has 7 nitrogen and oxygen atoms in total. The molecule has 1 aromatic rings. The van der Waals surface area contributed by atoms with Crippen molar-refractivity contribution in [2.24, 2.45) is 5.92 Å². The molecule has 7 heteroatoms. The number of anilines is 1. The molecule has 0 bridgehead atoms. The van der Waals surface area contributed by atoms with Crippen LogP contribution < -0.4 is 10.2 Å². The number of carbonyl (C=O) groups excluding carboxylic acids is 3. The summed E-state index contributed by atoms with van der Waals surface area (Å²) in [5.41, 5.74) is 1.55. The van der Waals surface area contributed by atoms with Crippen molar-refractivity contribution < 1.29 is 19.1 Å². The first-order valence-corrected chi connectivity index (χ1v) is 10.8. The van der Waals surface area contributed by atoms with Gasteiger partial charge in [-0.15, -0.1) is 0 Å². The van der Waals surface area contributed by atoms with E-state index < -0.39 is 11.7 Å². The van der Waals surface area contributed by atoms with E-state index in [0.29, 0.717) is 32.5 Å². The minimum Gasteiger partial charge on any atom is -0.444 e. The number of nitrogens with one attached hydrogen (secondary N) is 1. The third-order valence-corrected chi connectivity index (χ3v) is 5.66. The standard InChI is InChI=1S/C23H33N3O4/c1-5-16-6-8-19(9-7-16)26-15-17(14-20(26)27)21(28)25-12-10-18(11-13-25)24-22(29)30-23(2,3)4/h6-9,17-18H,5,10-15H2,1-4H3,(H,24,29). The Morgan fingerprint density at radius 2 is 1.77 bits per heavy atom. The summed E-state index contributed by atoms with van der Waals surface area (Å²) < 4.78 is 5.30. The number of rotatable bonds is 4. The molecular formula is C23H33N3O4. The highest BCUT2D eigenvalue weighted by Gasteiger charge is 2.38. The van der Waals surface area contributed by atoms with E-state index in [1.165, 1.54) is 5.56 Å². The number of benzene rings is 1. The number of hydrogen-bond acceptors (Lipinski definition) is 4. The van der Waals surface area contributed by atoms with E-state index in [1.807, 2.05) is 49.9 Å². The average molecular weight is 416 g/mol. The van der Waals surface area contributed by atoms with Crippen LogP contribution in [-0.4, -0.2) is 54.1 Å². The lowest BCUT2D eigenvalue weighted by Gasteiger charge is -2.34. The average Bonchev–Trinajstić information content (AvgIpc) is 3.08. The molecule has 164 valence electrons. The molecule has 1 unspecified atom stereocenters. The molecule has 0 saturated carbocycles. The van der Waals surface area contributed by atoms with Crippen LogP contribution in [0.4, 0.5) is 10.5 Å². The smallest absolute Gasteiger partial charge is 0.407 e. The monoisotopic (exact) mass is 415 g/mol. The molecule has 2 aliphatic rings. The molecule has 0 aromatic heterocycles. The van der Waals surface area contributed by atoms with Gasteiger partial charge in [-0.25, -0.2) is 4.79 Å². The Kier molecular flexibility index (Phi) is 6.68. The van der Waals surface area contributed by atoms with Crippen molar-refractivity contribution in [3.05, 3.63) is 29.8 Å². The van der Waals surface area contributed by atoms with Gasteiger partial charge in [0, 0.05) is 37.8 Å². The van der Waals surface area contributed by atoms with Crippen LogP contribution in [0.2, 0.25) is 0 Å². The van der Waals surface area contributed by atoms with Crippen LogP contribution in [0, 0.1) is 5.92 Å². The second-order valence-electron chi connectivity index (χ2n) is 9.17. The fourth-order valence-corrected chi connectivity index (χ4v) is 4.01. The van der Waals surface area contributed by atoms with Crippen LogP contribution in [0.15, 0.2) is 24.3 Å². The first kappa shape index (κ1) is 22.1. The van der Waals surface area contributed by atoms with E-state index in [1.54, 1.807) is 4.90 Å². The lowest BCUT2D eigenvalue weighted by molar-refractivity contribution is -0.136. The molecule has 3 amide bonds. The summed E-state index contributed by atoms with van der Waals surface area (Å²) in [7, 11) is 0. The Morgan fingerprint density at radius 1 is 1.13 bits per heavy atom. The maximum absolute atomic E-state index is 13.0. The highest BCUT2D eigenvalue weighted by atomic mass is 16.6. The highest BCUT2D eigenvalue weighted by Crippen LogP contribution is 2.27. The van der Waals surface area contributed by atoms with Crippen molar-refractivity contribution in [3.63, 3.8) is 0 Å². The van der Waals surface area contributed by atoms with Gasteiger partial charge >= 0.3 is 6.09 Å². The lowest BCUT2D eigenvalue weighted by atomic mass is 10.0. The maximum atomic E-state index is 13.0. The van der Waals surface area contributed by atoms with E-state index >= 15 is 0 Å². The summed E-state index contributed by atoms with van der Waals surface area (Å²) >= 11 is 0. The Bertz CT molecular complexity index is 777. The minimum absolute atomic E-state index is 0.000855. The lowest BCUT2D eigenvalue weighted by Crippen LogP contribution is -2.49. The van der Waals surface area contributed by atoms with Crippen LogP contribution in [0.1, 0.15) is 52.5 Å². The van der Waals surface area contributed by atoms with E-state index in [9.17, 15) is 14.4 Å². The van der Waals surface area contributed by atoms with Crippen molar-refractivity contribution in [1.82, 2.24) is 10.2 Å². The van der Waals surface area contributed by atoms with Crippen molar-refractivity contribution in [2.75, 3.05) is 24.5 Å². The summed E-state index contributed by atoms with van der Waals surface area (Å²) in [6, 6.07) is 7.97. The Balaban J connectivity index is 1.50. The van der Waals surface area contributed by atoms with Crippen LogP contribution >= 0.6 is 0 Å². The van der Waals surface area contributed by atoms with Crippen molar-refractivity contribution >= 4 is 23.6 Å². The van der Waals surface area contributed by atoms with Gasteiger partial charge in [-0.1, -0.05) is 19.1 Å². The van der Waals surface area contributed by atoms with Gasteiger partial charge in [-0.2, -0.15) is 0 Å². The van der Waals surface area contributed by atoms with Crippen LogP contribution in [0.25, 0.3) is 0 Å². The molecule has 0 aliphatic carbocycles. The molecule has 2 aliphatic heterocycles. The molecular weight excluding hydrogens is 382 g/mol. The molecule has 2 heterocycles. The fraction of sp³-hybridized carbons (Fsp3) is 0.609. The van der Waals surface area contributed by atoms with Crippen LogP contribution in [0.3, 0.4) is 0 Å². The number of piperidine rings is 1. The number of carbonyl (C=O) groups is 3. The largest absolute Gasteiger partial charge is 0.444 e. The Hall–Kier alpha value is -2.57. The fourth-order valence-electron chi connectivity index (χ4n) is 4.01. The van der Waals surface area contributed by atoms with Gasteiger partial charge in [-0.3, -0.25) is 9.59 Å². The number of amides is 3. The first-order valence-electron chi connectivity index (χ1n) is 10.8. The summed E-state index contributed by atoms with van der Waals surface area (Å²) in [5.74, 6) is -0.274. The Labute approximate surface area is 178 Å². The zero-order chi connectivity index (χ0) is 21.9. The highest BCUT2D eigenvalue weighted by molar-refractivity contribution is 6.00. The molecule has 1 aromatic carbocycles. The van der Waals surface area contributed by atoms with Gasteiger partial charge in [0.25, 0.3) is 0 Å². The SMILES string of the molecule is CCc1ccc(N2CC(C(=O)N3CCC(NC(=O)OC(C)(C)C)CC3)CC2=O)cc1. The summed E-state index contributed by atoms with van der Waals surface area (Å²) in [6.45, 7) is 9.18. The molecule has 1 N–H and O–H groups in total. The number of aryl methyl sites for hydroxylation is 1. The molecule has 3 rings (SSSR count). The minimum atomic E-state index is -0.529. The molecule has 1 atom stereocenters. The van der Waals surface area contributed by atoms with Crippen molar-refractivity contribution in [2.45, 2.75) is 65.0 Å². The zero-order valence-electron chi connectivity index (χ0n) is 18.4. The third kappa shape index (κ3) is 5.52. The topological polar surface area (TPSA) is 79.0 Å². The number of nitrogens with zero attached hydrogens (tertiary/aromatic N) is 2. The predicted molar refractivity (Wildman–Crippen MR) is 115 cm³/mol. The summed E-state index contributed by atoms with van der Waals surface area (Å²) in [6.07, 6.45) is 2.17. The zero-order valence-corrected chi connectivity index (χ0v) is 18.4. The summed E-state index contributed by atoms with van der Waals surface area (Å²) in [5, 5.41) is 2.89. The van der Waals surface area contributed by atoms with Crippen LogP contribution in [0.5, 0.6) is 0 Å². The van der Waals surface area contributed by atoms with Gasteiger partial charge < -0.3 is 19.9 Å². The molecule has 2 fully saturated rings. The third-order valence-electron chi connectivity index (χ3n) is 5.66. The normalized spacial score (nSPS) is 20.4. The molecule has 0 spiro atoms. The van der Waals surface area contributed by atoms with E-state index in [2.05, 4.69) is 12.2 Å². The van der Waals surface area contributed by atoms with E-state index in [4.69, 9.17) is 4.74 Å². The van der Waals surface area contributed by atoms with Gasteiger partial charge in [0.05, 0.1) is 5.92 Å². The summed E-state index contributed by atoms with van der Waals surface area (Å²) in [4.78, 5) is 41.0. The number of hydrogen-bond donors (Lipinski definition) is 1. The predicted octanol–water partition coefficient (Wildman–Crippen LogP) is 3.12. The van der Waals surface area contributed by atoms with Crippen LogP contribution in [-0.2, 0) is 20.7 Å². The molecule has 0 radical (unpaired) electrons. The van der Waals surface area contributed by atoms with E-state index in [-0.39, 0.29) is 30.2 Å². The number of alkyl carbamates (subject to hydrolysis) is 1. The Morgan fingerprint density at radius 3 is 2.33 bits per heavy atom. The maximum Gasteiger partial charge on any atom is 0.407 e. The number of likely N-dealkylation sites (tertiary alicyclic amines) is 1. The van der Waals surface area contributed by atoms with Crippen molar-refractivity contribution in [1.29, 1.82) is 0 Å². The second-order valence-corrected chi connectivity index (χ2v) is 9.17. The van der Waals surface area contributed by atoms with Gasteiger partial charge in [0.15, 0.2) is 0 Å². The second kappa shape index (κ2) is 9.06. The van der Waals surface area contributed by atoms with E-state index in [0.717, 1.165) is 12.1 Å². The van der Waals surface area contributed by atoms with Crippen molar-refractivity contribution in [3.8, 4) is 0 Å².